The first-order chi connectivity index (χ1) is 7.79. The second kappa shape index (κ2) is 3.43. The van der Waals surface area contributed by atoms with Gasteiger partial charge in [-0.05, 0) is 18.3 Å². The van der Waals surface area contributed by atoms with Gasteiger partial charge in [0.2, 0.25) is 0 Å². The van der Waals surface area contributed by atoms with Gasteiger partial charge in [0.05, 0.1) is 5.92 Å². The van der Waals surface area contributed by atoms with Gasteiger partial charge in [-0.15, -0.1) is 0 Å². The second-order valence-corrected chi connectivity index (χ2v) is 4.87. The third-order valence-corrected chi connectivity index (χ3v) is 3.93. The minimum Gasteiger partial charge on any atom is -0.481 e. The van der Waals surface area contributed by atoms with Crippen LogP contribution in [-0.4, -0.2) is 38.8 Å². The Balaban J connectivity index is 2.23. The molecule has 2 aliphatic carbocycles. The van der Waals surface area contributed by atoms with Crippen molar-refractivity contribution in [2.45, 2.75) is 18.4 Å². The fraction of sp³-hybridized carbons (Fsp3) is 0.700. The predicted octanol–water partition coefficient (Wildman–Crippen LogP) is -0.790. The number of rotatable bonds is 4. The summed E-state index contributed by atoms with van der Waals surface area (Å²) in [6.45, 7) is 0. The highest BCUT2D eigenvalue weighted by molar-refractivity contribution is 5.85. The van der Waals surface area contributed by atoms with Gasteiger partial charge in [0.1, 0.15) is 5.54 Å². The number of carbonyl (C=O) groups is 3. The van der Waals surface area contributed by atoms with E-state index in [4.69, 9.17) is 21.1 Å². The van der Waals surface area contributed by atoms with E-state index in [1.54, 1.807) is 0 Å². The third-order valence-electron chi connectivity index (χ3n) is 3.93. The maximum absolute atomic E-state index is 11.1. The van der Waals surface area contributed by atoms with Crippen molar-refractivity contribution in [3.05, 3.63) is 0 Å². The summed E-state index contributed by atoms with van der Waals surface area (Å²) in [5.74, 6) is -5.71. The molecule has 7 heteroatoms. The van der Waals surface area contributed by atoms with Gasteiger partial charge < -0.3 is 21.1 Å². The van der Waals surface area contributed by atoms with Gasteiger partial charge in [0.15, 0.2) is 0 Å². The zero-order valence-corrected chi connectivity index (χ0v) is 8.87. The zero-order chi connectivity index (χ0) is 13.0. The largest absolute Gasteiger partial charge is 0.481 e. The molecule has 5 atom stereocenters. The number of carboxylic acid groups (broad SMARTS) is 3. The molecule has 0 aliphatic heterocycles. The first-order valence-electron chi connectivity index (χ1n) is 5.26. The van der Waals surface area contributed by atoms with Crippen LogP contribution in [0.25, 0.3) is 0 Å². The number of nitrogens with two attached hydrogens (primary N) is 1. The molecule has 0 bridgehead atoms. The summed E-state index contributed by atoms with van der Waals surface area (Å²) in [5.41, 5.74) is 4.14. The molecule has 5 N–H and O–H groups in total. The lowest BCUT2D eigenvalue weighted by Gasteiger charge is -2.23. The number of aliphatic carboxylic acids is 3. The van der Waals surface area contributed by atoms with Crippen LogP contribution in [0, 0.1) is 23.7 Å². The van der Waals surface area contributed by atoms with Crippen molar-refractivity contribution in [3.8, 4) is 0 Å². The minimum absolute atomic E-state index is 0.0355. The van der Waals surface area contributed by atoms with E-state index in [2.05, 4.69) is 0 Å². The van der Waals surface area contributed by atoms with Crippen molar-refractivity contribution in [1.29, 1.82) is 0 Å². The maximum atomic E-state index is 11.1. The van der Waals surface area contributed by atoms with E-state index in [1.807, 2.05) is 0 Å². The molecule has 0 aromatic heterocycles. The van der Waals surface area contributed by atoms with E-state index in [0.717, 1.165) is 0 Å². The lowest BCUT2D eigenvalue weighted by Crippen LogP contribution is -2.50. The highest BCUT2D eigenvalue weighted by Crippen LogP contribution is 2.65. The Labute approximate surface area is 96.2 Å². The SMILES string of the molecule is NC1(C(=O)O)CC(CC(=O)O)C2C(C(=O)O)C21. The summed E-state index contributed by atoms with van der Waals surface area (Å²) in [6, 6.07) is 0. The lowest BCUT2D eigenvalue weighted by atomic mass is 9.86. The highest BCUT2D eigenvalue weighted by Gasteiger charge is 2.73. The van der Waals surface area contributed by atoms with Crippen LogP contribution >= 0.6 is 0 Å². The number of hydrogen-bond acceptors (Lipinski definition) is 4. The Morgan fingerprint density at radius 1 is 1.24 bits per heavy atom. The zero-order valence-electron chi connectivity index (χ0n) is 8.87. The van der Waals surface area contributed by atoms with Gasteiger partial charge in [-0.2, -0.15) is 0 Å². The van der Waals surface area contributed by atoms with Crippen molar-refractivity contribution in [3.63, 3.8) is 0 Å². The van der Waals surface area contributed by atoms with Crippen LogP contribution in [0.3, 0.4) is 0 Å². The first-order valence-corrected chi connectivity index (χ1v) is 5.26. The average molecular weight is 243 g/mol. The maximum Gasteiger partial charge on any atom is 0.324 e. The fourth-order valence-corrected chi connectivity index (χ4v) is 3.27. The summed E-state index contributed by atoms with van der Waals surface area (Å²) < 4.78 is 0. The third kappa shape index (κ3) is 1.57. The Morgan fingerprint density at radius 2 is 1.82 bits per heavy atom. The van der Waals surface area contributed by atoms with Crippen LogP contribution < -0.4 is 5.73 Å². The molecule has 17 heavy (non-hydrogen) atoms. The number of carboxylic acids is 3. The molecule has 2 rings (SSSR count). The summed E-state index contributed by atoms with van der Waals surface area (Å²) in [4.78, 5) is 32.7. The summed E-state index contributed by atoms with van der Waals surface area (Å²) in [6.07, 6.45) is -0.190. The van der Waals surface area contributed by atoms with Crippen molar-refractivity contribution < 1.29 is 29.7 Å². The van der Waals surface area contributed by atoms with Crippen molar-refractivity contribution >= 4 is 17.9 Å². The van der Waals surface area contributed by atoms with Crippen LogP contribution in [0.2, 0.25) is 0 Å². The van der Waals surface area contributed by atoms with Crippen molar-refractivity contribution in [2.75, 3.05) is 0 Å². The van der Waals surface area contributed by atoms with E-state index < -0.39 is 47.1 Å². The molecule has 2 aliphatic rings. The summed E-state index contributed by atoms with van der Waals surface area (Å²) >= 11 is 0. The van der Waals surface area contributed by atoms with Gasteiger partial charge in [0.25, 0.3) is 0 Å². The van der Waals surface area contributed by atoms with Crippen LogP contribution in [0.4, 0.5) is 0 Å². The molecular weight excluding hydrogens is 230 g/mol. The summed E-state index contributed by atoms with van der Waals surface area (Å²) in [5, 5.41) is 26.7. The molecule has 0 saturated heterocycles. The first kappa shape index (κ1) is 11.8. The standard InChI is InChI=1S/C10H13NO6/c11-10(9(16)17)2-3(1-4(12)13)5-6(7(5)10)8(14)15/h3,5-7H,1-2,11H2,(H,12,13)(H,14,15)(H,16,17). The molecule has 0 aromatic rings. The number of hydrogen-bond donors (Lipinski definition) is 4. The predicted molar refractivity (Wildman–Crippen MR) is 53.0 cm³/mol. The Hall–Kier alpha value is -1.63. The van der Waals surface area contributed by atoms with Gasteiger partial charge in [-0.1, -0.05) is 0 Å². The molecule has 7 nitrogen and oxygen atoms in total. The molecule has 94 valence electrons. The van der Waals surface area contributed by atoms with Gasteiger partial charge >= 0.3 is 17.9 Å². The molecule has 0 heterocycles. The molecule has 5 unspecified atom stereocenters. The van der Waals surface area contributed by atoms with E-state index in [9.17, 15) is 14.4 Å². The molecule has 0 aromatic carbocycles. The normalized spacial score (nSPS) is 42.9. The van der Waals surface area contributed by atoms with Gasteiger partial charge in [-0.25, -0.2) is 0 Å². The van der Waals surface area contributed by atoms with Crippen molar-refractivity contribution in [2.24, 2.45) is 29.4 Å². The van der Waals surface area contributed by atoms with Crippen LogP contribution in [0.5, 0.6) is 0 Å². The highest BCUT2D eigenvalue weighted by atomic mass is 16.4. The monoisotopic (exact) mass is 243 g/mol. The smallest absolute Gasteiger partial charge is 0.324 e. The topological polar surface area (TPSA) is 138 Å². The van der Waals surface area contributed by atoms with Crippen molar-refractivity contribution in [1.82, 2.24) is 0 Å². The van der Waals surface area contributed by atoms with E-state index >= 15 is 0 Å². The Morgan fingerprint density at radius 3 is 2.24 bits per heavy atom. The van der Waals surface area contributed by atoms with Crippen LogP contribution in [0.1, 0.15) is 12.8 Å². The molecule has 2 fully saturated rings. The summed E-state index contributed by atoms with van der Waals surface area (Å²) in [7, 11) is 0. The molecule has 0 radical (unpaired) electrons. The second-order valence-electron chi connectivity index (χ2n) is 4.87. The van der Waals surface area contributed by atoms with Crippen LogP contribution in [-0.2, 0) is 14.4 Å². The van der Waals surface area contributed by atoms with Gasteiger partial charge in [-0.3, -0.25) is 14.4 Å². The van der Waals surface area contributed by atoms with E-state index in [0.29, 0.717) is 0 Å². The average Bonchev–Trinajstić information content (AvgIpc) is 2.84. The fourth-order valence-electron chi connectivity index (χ4n) is 3.27. The lowest BCUT2D eigenvalue weighted by molar-refractivity contribution is -0.147. The Bertz CT molecular complexity index is 408. The Kier molecular flexibility index (Phi) is 2.39. The molecule has 0 amide bonds. The molecule has 2 saturated carbocycles. The molecule has 0 spiro atoms. The van der Waals surface area contributed by atoms with E-state index in [1.165, 1.54) is 0 Å². The minimum atomic E-state index is -1.59. The molecular formula is C10H13NO6. The van der Waals surface area contributed by atoms with Gasteiger partial charge in [0, 0.05) is 12.3 Å². The van der Waals surface area contributed by atoms with E-state index in [-0.39, 0.29) is 12.8 Å². The quantitative estimate of drug-likeness (QED) is 0.507. The van der Waals surface area contributed by atoms with Crippen LogP contribution in [0.15, 0.2) is 0 Å². The number of fused-ring (bicyclic) bond motifs is 1.